The van der Waals surface area contributed by atoms with Gasteiger partial charge >= 0.3 is 0 Å². The minimum atomic E-state index is -0.675. The van der Waals surface area contributed by atoms with E-state index in [4.69, 9.17) is 0 Å². The summed E-state index contributed by atoms with van der Waals surface area (Å²) in [6.07, 6.45) is 7.92. The summed E-state index contributed by atoms with van der Waals surface area (Å²) in [7, 11) is 0. The van der Waals surface area contributed by atoms with Crippen molar-refractivity contribution >= 4 is 11.8 Å². The van der Waals surface area contributed by atoms with Crippen molar-refractivity contribution in [2.24, 2.45) is 0 Å². The van der Waals surface area contributed by atoms with Gasteiger partial charge in [-0.1, -0.05) is 39.0 Å². The molecule has 7 nitrogen and oxygen atoms in total. The van der Waals surface area contributed by atoms with Crippen molar-refractivity contribution in [3.63, 3.8) is 0 Å². The maximum absolute atomic E-state index is 12.5. The average Bonchev–Trinajstić information content (AvgIpc) is 2.89. The van der Waals surface area contributed by atoms with Crippen LogP contribution >= 0.6 is 0 Å². The average molecular weight is 378 g/mol. The second kappa shape index (κ2) is 11.3. The second-order valence-electron chi connectivity index (χ2n) is 7.91. The van der Waals surface area contributed by atoms with E-state index in [1.165, 1.54) is 0 Å². The third-order valence-corrected chi connectivity index (χ3v) is 5.60. The summed E-state index contributed by atoms with van der Waals surface area (Å²) in [6, 6.07) is 2.37. The Morgan fingerprint density at radius 1 is 0.963 bits per heavy atom. The number of hydrogen-bond donors (Lipinski definition) is 2. The van der Waals surface area contributed by atoms with Gasteiger partial charge in [-0.25, -0.2) is 0 Å². The van der Waals surface area contributed by atoms with Gasteiger partial charge in [-0.2, -0.15) is 5.26 Å². The van der Waals surface area contributed by atoms with E-state index in [0.717, 1.165) is 84.1 Å². The van der Waals surface area contributed by atoms with E-state index in [1.807, 2.05) is 0 Å². The molecule has 2 amide bonds. The molecule has 0 aromatic heterocycles. The Morgan fingerprint density at radius 3 is 2.04 bits per heavy atom. The molecule has 0 aromatic carbocycles. The quantitative estimate of drug-likeness (QED) is 0.491. The van der Waals surface area contributed by atoms with Gasteiger partial charge < -0.3 is 10.6 Å². The molecule has 7 heteroatoms. The molecule has 1 aliphatic carbocycles. The number of amides is 2. The highest BCUT2D eigenvalue weighted by atomic mass is 16.2. The molecule has 1 saturated carbocycles. The predicted octanol–water partition coefficient (Wildman–Crippen LogP) is 1.25. The highest BCUT2D eigenvalue weighted by Crippen LogP contribution is 2.26. The topological polar surface area (TPSA) is 88.5 Å². The normalized spacial score (nSPS) is 21.0. The number of rotatable bonds is 8. The Labute approximate surface area is 163 Å². The van der Waals surface area contributed by atoms with Crippen LogP contribution in [-0.4, -0.2) is 73.0 Å². The second-order valence-corrected chi connectivity index (χ2v) is 7.91. The molecule has 0 spiro atoms. The van der Waals surface area contributed by atoms with Crippen molar-refractivity contribution in [3.05, 3.63) is 0 Å². The first kappa shape index (κ1) is 21.6. The summed E-state index contributed by atoms with van der Waals surface area (Å²) in [5, 5.41) is 15.6. The monoisotopic (exact) mass is 377 g/mol. The van der Waals surface area contributed by atoms with Crippen LogP contribution in [0.2, 0.25) is 0 Å². The summed E-state index contributed by atoms with van der Waals surface area (Å²) in [5.41, 5.74) is -0.675. The van der Waals surface area contributed by atoms with E-state index in [1.54, 1.807) is 0 Å². The molecule has 152 valence electrons. The molecule has 1 saturated heterocycles. The summed E-state index contributed by atoms with van der Waals surface area (Å²) >= 11 is 0. The first-order valence-corrected chi connectivity index (χ1v) is 10.5. The standard InChI is InChI=1S/C20H35N5O2/c1-2-3-10-22-18(26)15-24-11-13-25(14-12-24)16-19(27)23-20(17-21)8-6-4-5-7-9-20/h2-16H2,1H3,(H,22,26)(H,23,27). The molecule has 1 heterocycles. The molecule has 2 rings (SSSR count). The van der Waals surface area contributed by atoms with Crippen LogP contribution < -0.4 is 10.6 Å². The molecule has 0 radical (unpaired) electrons. The van der Waals surface area contributed by atoms with Gasteiger partial charge in [-0.05, 0) is 19.3 Å². The Bertz CT molecular complexity index is 515. The highest BCUT2D eigenvalue weighted by molar-refractivity contribution is 5.79. The van der Waals surface area contributed by atoms with E-state index < -0.39 is 5.54 Å². The van der Waals surface area contributed by atoms with Gasteiger partial charge in [0.15, 0.2) is 0 Å². The van der Waals surface area contributed by atoms with Crippen molar-refractivity contribution < 1.29 is 9.59 Å². The SMILES string of the molecule is CCCCNC(=O)CN1CCN(CC(=O)NC2(C#N)CCCCCC2)CC1. The largest absolute Gasteiger partial charge is 0.355 e. The van der Waals surface area contributed by atoms with E-state index in [2.05, 4.69) is 33.4 Å². The molecule has 2 N–H and O–H groups in total. The van der Waals surface area contributed by atoms with Crippen LogP contribution in [0, 0.1) is 11.3 Å². The van der Waals surface area contributed by atoms with Gasteiger partial charge in [0.25, 0.3) is 0 Å². The fourth-order valence-electron chi connectivity index (χ4n) is 3.88. The smallest absolute Gasteiger partial charge is 0.235 e. The fraction of sp³-hybridized carbons (Fsp3) is 0.850. The molecule has 0 unspecified atom stereocenters. The molecule has 1 aliphatic heterocycles. The lowest BCUT2D eigenvalue weighted by Crippen LogP contribution is -2.54. The van der Waals surface area contributed by atoms with E-state index >= 15 is 0 Å². The highest BCUT2D eigenvalue weighted by Gasteiger charge is 2.33. The van der Waals surface area contributed by atoms with Crippen molar-refractivity contribution in [2.45, 2.75) is 63.8 Å². The van der Waals surface area contributed by atoms with Crippen molar-refractivity contribution in [1.29, 1.82) is 5.26 Å². The lowest BCUT2D eigenvalue weighted by atomic mass is 9.92. The molecule has 2 fully saturated rings. The summed E-state index contributed by atoms with van der Waals surface area (Å²) < 4.78 is 0. The van der Waals surface area contributed by atoms with Gasteiger partial charge in [0.2, 0.25) is 11.8 Å². The van der Waals surface area contributed by atoms with Crippen LogP contribution in [0.3, 0.4) is 0 Å². The lowest BCUT2D eigenvalue weighted by molar-refractivity contribution is -0.125. The number of nitriles is 1. The number of nitrogens with zero attached hydrogens (tertiary/aromatic N) is 3. The molecular weight excluding hydrogens is 342 g/mol. The maximum Gasteiger partial charge on any atom is 0.235 e. The zero-order valence-corrected chi connectivity index (χ0v) is 16.8. The molecule has 27 heavy (non-hydrogen) atoms. The summed E-state index contributed by atoms with van der Waals surface area (Å²) in [4.78, 5) is 28.6. The zero-order valence-electron chi connectivity index (χ0n) is 16.8. The van der Waals surface area contributed by atoms with E-state index in [9.17, 15) is 14.9 Å². The predicted molar refractivity (Wildman–Crippen MR) is 105 cm³/mol. The van der Waals surface area contributed by atoms with Crippen LogP contribution in [0.1, 0.15) is 58.3 Å². The van der Waals surface area contributed by atoms with Crippen LogP contribution in [0.5, 0.6) is 0 Å². The van der Waals surface area contributed by atoms with E-state index in [-0.39, 0.29) is 11.8 Å². The number of carbonyl (C=O) groups excluding carboxylic acids is 2. The molecule has 0 atom stereocenters. The number of hydrogen-bond acceptors (Lipinski definition) is 5. The third-order valence-electron chi connectivity index (χ3n) is 5.60. The minimum absolute atomic E-state index is 0.0517. The van der Waals surface area contributed by atoms with Gasteiger partial charge in [-0.3, -0.25) is 19.4 Å². The van der Waals surface area contributed by atoms with Crippen molar-refractivity contribution in [3.8, 4) is 6.07 Å². The number of piperazine rings is 1. The van der Waals surface area contributed by atoms with E-state index in [0.29, 0.717) is 13.1 Å². The number of nitrogens with one attached hydrogen (secondary N) is 2. The van der Waals surface area contributed by atoms with Crippen molar-refractivity contribution in [1.82, 2.24) is 20.4 Å². The lowest BCUT2D eigenvalue weighted by Gasteiger charge is -2.34. The molecule has 2 aliphatic rings. The van der Waals surface area contributed by atoms with Crippen LogP contribution in [0.4, 0.5) is 0 Å². The first-order chi connectivity index (χ1) is 13.1. The van der Waals surface area contributed by atoms with Crippen LogP contribution in [-0.2, 0) is 9.59 Å². The zero-order chi connectivity index (χ0) is 19.5. The molecular formula is C20H35N5O2. The van der Waals surface area contributed by atoms with Gasteiger partial charge in [0.1, 0.15) is 5.54 Å². The Morgan fingerprint density at radius 2 is 1.52 bits per heavy atom. The Kier molecular flexibility index (Phi) is 9.02. The van der Waals surface area contributed by atoms with Crippen LogP contribution in [0.15, 0.2) is 0 Å². The van der Waals surface area contributed by atoms with Crippen LogP contribution in [0.25, 0.3) is 0 Å². The minimum Gasteiger partial charge on any atom is -0.355 e. The number of unbranched alkanes of at least 4 members (excludes halogenated alkanes) is 1. The molecule has 0 bridgehead atoms. The van der Waals surface area contributed by atoms with Crippen molar-refractivity contribution in [2.75, 3.05) is 45.8 Å². The Hall–Kier alpha value is -1.65. The first-order valence-electron chi connectivity index (χ1n) is 10.5. The third kappa shape index (κ3) is 7.47. The molecule has 0 aromatic rings. The maximum atomic E-state index is 12.5. The van der Waals surface area contributed by atoms with Gasteiger partial charge in [-0.15, -0.1) is 0 Å². The summed E-state index contributed by atoms with van der Waals surface area (Å²) in [5.74, 6) is 0.0307. The fourth-order valence-corrected chi connectivity index (χ4v) is 3.88. The van der Waals surface area contributed by atoms with Gasteiger partial charge in [0, 0.05) is 32.7 Å². The Balaban J connectivity index is 1.69. The summed E-state index contributed by atoms with van der Waals surface area (Å²) in [6.45, 7) is 6.74. The van der Waals surface area contributed by atoms with Gasteiger partial charge in [0.05, 0.1) is 19.2 Å². The number of carbonyl (C=O) groups is 2.